The fourth-order valence-electron chi connectivity index (χ4n) is 2.70. The fourth-order valence-corrected chi connectivity index (χ4v) is 2.70. The van der Waals surface area contributed by atoms with E-state index in [1.54, 1.807) is 12.3 Å². The van der Waals surface area contributed by atoms with Crippen LogP contribution >= 0.6 is 0 Å². The van der Waals surface area contributed by atoms with E-state index in [4.69, 9.17) is 0 Å². The largest absolute Gasteiger partial charge is 0.295 e. The van der Waals surface area contributed by atoms with Crippen molar-refractivity contribution in [2.45, 2.75) is 13.5 Å². The summed E-state index contributed by atoms with van der Waals surface area (Å²) in [5, 5.41) is 6.51. The first kappa shape index (κ1) is 15.7. The molecule has 0 saturated carbocycles. The lowest BCUT2D eigenvalue weighted by Crippen LogP contribution is -2.43. The molecular formula is C19H22FN3. The standard InChI is InChI=1S/C19H22FN3/c1-16-5-7-17(8-6-16)15-22-9-11-23(12-10-22)21-14-18-3-2-4-19(20)13-18/h2-8,13-14H,9-12,15H2,1H3/b21-14+. The molecule has 3 rings (SSSR count). The molecular weight excluding hydrogens is 289 g/mol. The minimum absolute atomic E-state index is 0.225. The second-order valence-corrected chi connectivity index (χ2v) is 6.01. The number of hydrazone groups is 1. The summed E-state index contributed by atoms with van der Waals surface area (Å²) in [6.07, 6.45) is 1.73. The van der Waals surface area contributed by atoms with Crippen molar-refractivity contribution in [2.75, 3.05) is 26.2 Å². The third-order valence-electron chi connectivity index (χ3n) is 4.09. The topological polar surface area (TPSA) is 18.8 Å². The third-order valence-corrected chi connectivity index (χ3v) is 4.09. The minimum atomic E-state index is -0.225. The molecule has 0 aromatic heterocycles. The molecule has 0 amide bonds. The van der Waals surface area contributed by atoms with Crippen LogP contribution in [0.1, 0.15) is 16.7 Å². The summed E-state index contributed by atoms with van der Waals surface area (Å²) in [7, 11) is 0. The molecule has 1 heterocycles. The van der Waals surface area contributed by atoms with Crippen LogP contribution in [0.5, 0.6) is 0 Å². The van der Waals surface area contributed by atoms with Crippen molar-refractivity contribution < 1.29 is 4.39 Å². The normalized spacial score (nSPS) is 16.2. The average molecular weight is 311 g/mol. The summed E-state index contributed by atoms with van der Waals surface area (Å²) in [4.78, 5) is 2.44. The fraction of sp³-hybridized carbons (Fsp3) is 0.316. The van der Waals surface area contributed by atoms with Gasteiger partial charge in [-0.1, -0.05) is 42.0 Å². The summed E-state index contributed by atoms with van der Waals surface area (Å²) in [5.74, 6) is -0.225. The Morgan fingerprint density at radius 1 is 1.04 bits per heavy atom. The summed E-state index contributed by atoms with van der Waals surface area (Å²) in [5.41, 5.74) is 3.45. The molecule has 2 aromatic rings. The molecule has 0 aliphatic carbocycles. The molecule has 2 aromatic carbocycles. The van der Waals surface area contributed by atoms with Crippen LogP contribution in [0.4, 0.5) is 4.39 Å². The lowest BCUT2D eigenvalue weighted by atomic mass is 10.1. The molecule has 1 fully saturated rings. The number of piperazine rings is 1. The van der Waals surface area contributed by atoms with E-state index in [2.05, 4.69) is 46.2 Å². The Bertz CT molecular complexity index is 659. The molecule has 120 valence electrons. The number of halogens is 1. The van der Waals surface area contributed by atoms with Crippen LogP contribution in [0.25, 0.3) is 0 Å². The Balaban J connectivity index is 1.49. The summed E-state index contributed by atoms with van der Waals surface area (Å²) in [6, 6.07) is 15.2. The van der Waals surface area contributed by atoms with Gasteiger partial charge in [0.2, 0.25) is 0 Å². The molecule has 0 bridgehead atoms. The van der Waals surface area contributed by atoms with Gasteiger partial charge in [-0.3, -0.25) is 9.91 Å². The van der Waals surface area contributed by atoms with Gasteiger partial charge in [-0.25, -0.2) is 4.39 Å². The predicted octanol–water partition coefficient (Wildman–Crippen LogP) is 3.29. The highest BCUT2D eigenvalue weighted by atomic mass is 19.1. The number of nitrogens with zero attached hydrogens (tertiary/aromatic N) is 3. The summed E-state index contributed by atoms with van der Waals surface area (Å²) >= 11 is 0. The van der Waals surface area contributed by atoms with Crippen molar-refractivity contribution >= 4 is 6.21 Å². The average Bonchev–Trinajstić information content (AvgIpc) is 2.56. The van der Waals surface area contributed by atoms with Gasteiger partial charge < -0.3 is 0 Å². The first-order valence-corrected chi connectivity index (χ1v) is 8.01. The summed E-state index contributed by atoms with van der Waals surface area (Å²) < 4.78 is 13.1. The molecule has 1 saturated heterocycles. The van der Waals surface area contributed by atoms with E-state index in [0.29, 0.717) is 0 Å². The number of hydrogen-bond acceptors (Lipinski definition) is 3. The van der Waals surface area contributed by atoms with E-state index >= 15 is 0 Å². The highest BCUT2D eigenvalue weighted by Gasteiger charge is 2.15. The minimum Gasteiger partial charge on any atom is -0.295 e. The molecule has 0 spiro atoms. The number of rotatable bonds is 4. The van der Waals surface area contributed by atoms with Crippen LogP contribution in [-0.4, -0.2) is 42.3 Å². The Morgan fingerprint density at radius 3 is 2.48 bits per heavy atom. The van der Waals surface area contributed by atoms with Crippen LogP contribution < -0.4 is 0 Å². The van der Waals surface area contributed by atoms with Gasteiger partial charge in [0.1, 0.15) is 5.82 Å². The SMILES string of the molecule is Cc1ccc(CN2CCN(/N=C/c3cccc(F)c3)CC2)cc1. The molecule has 4 heteroatoms. The van der Waals surface area contributed by atoms with Crippen LogP contribution in [0.15, 0.2) is 53.6 Å². The van der Waals surface area contributed by atoms with E-state index in [1.807, 2.05) is 6.07 Å². The number of aryl methyl sites for hydroxylation is 1. The van der Waals surface area contributed by atoms with Crippen molar-refractivity contribution in [1.29, 1.82) is 0 Å². The van der Waals surface area contributed by atoms with Gasteiger partial charge in [-0.05, 0) is 30.2 Å². The van der Waals surface area contributed by atoms with Gasteiger partial charge in [0, 0.05) is 32.7 Å². The van der Waals surface area contributed by atoms with Crippen molar-refractivity contribution in [2.24, 2.45) is 5.10 Å². The van der Waals surface area contributed by atoms with E-state index < -0.39 is 0 Å². The zero-order valence-electron chi connectivity index (χ0n) is 13.5. The predicted molar refractivity (Wildman–Crippen MR) is 92.0 cm³/mol. The quantitative estimate of drug-likeness (QED) is 0.807. The molecule has 0 unspecified atom stereocenters. The Hall–Kier alpha value is -2.20. The molecule has 1 aliphatic rings. The van der Waals surface area contributed by atoms with Crippen LogP contribution in [0.3, 0.4) is 0 Å². The van der Waals surface area contributed by atoms with Crippen LogP contribution in [0, 0.1) is 12.7 Å². The summed E-state index contributed by atoms with van der Waals surface area (Å²) in [6.45, 7) is 6.89. The first-order valence-electron chi connectivity index (χ1n) is 8.01. The van der Waals surface area contributed by atoms with E-state index in [0.717, 1.165) is 38.3 Å². The second kappa shape index (κ2) is 7.38. The number of benzene rings is 2. The van der Waals surface area contributed by atoms with Crippen LogP contribution in [0.2, 0.25) is 0 Å². The van der Waals surface area contributed by atoms with Gasteiger partial charge >= 0.3 is 0 Å². The van der Waals surface area contributed by atoms with Gasteiger partial charge in [0.05, 0.1) is 6.21 Å². The molecule has 1 aliphatic heterocycles. The molecule has 3 nitrogen and oxygen atoms in total. The zero-order chi connectivity index (χ0) is 16.1. The molecule has 0 radical (unpaired) electrons. The Kier molecular flexibility index (Phi) is 5.03. The zero-order valence-corrected chi connectivity index (χ0v) is 13.5. The van der Waals surface area contributed by atoms with Gasteiger partial charge in [-0.15, -0.1) is 0 Å². The van der Waals surface area contributed by atoms with Crippen molar-refractivity contribution in [3.8, 4) is 0 Å². The Morgan fingerprint density at radius 2 is 1.78 bits per heavy atom. The monoisotopic (exact) mass is 311 g/mol. The maximum absolute atomic E-state index is 13.1. The lowest BCUT2D eigenvalue weighted by molar-refractivity contribution is 0.131. The highest BCUT2D eigenvalue weighted by Crippen LogP contribution is 2.10. The van der Waals surface area contributed by atoms with Crippen molar-refractivity contribution in [1.82, 2.24) is 9.91 Å². The van der Waals surface area contributed by atoms with Crippen molar-refractivity contribution in [3.05, 3.63) is 71.0 Å². The van der Waals surface area contributed by atoms with Gasteiger partial charge in [0.25, 0.3) is 0 Å². The smallest absolute Gasteiger partial charge is 0.123 e. The first-order chi connectivity index (χ1) is 11.2. The molecule has 23 heavy (non-hydrogen) atoms. The maximum atomic E-state index is 13.1. The van der Waals surface area contributed by atoms with Crippen molar-refractivity contribution in [3.63, 3.8) is 0 Å². The second-order valence-electron chi connectivity index (χ2n) is 6.01. The Labute approximate surface area is 137 Å². The molecule has 0 atom stereocenters. The van der Waals surface area contributed by atoms with E-state index in [1.165, 1.54) is 23.3 Å². The van der Waals surface area contributed by atoms with Crippen LogP contribution in [-0.2, 0) is 6.54 Å². The molecule has 0 N–H and O–H groups in total. The number of hydrogen-bond donors (Lipinski definition) is 0. The highest BCUT2D eigenvalue weighted by molar-refractivity contribution is 5.79. The lowest BCUT2D eigenvalue weighted by Gasteiger charge is -2.33. The van der Waals surface area contributed by atoms with E-state index in [-0.39, 0.29) is 5.82 Å². The van der Waals surface area contributed by atoms with Gasteiger partial charge in [-0.2, -0.15) is 5.10 Å². The third kappa shape index (κ3) is 4.63. The maximum Gasteiger partial charge on any atom is 0.123 e. The van der Waals surface area contributed by atoms with E-state index in [9.17, 15) is 4.39 Å². The van der Waals surface area contributed by atoms with Gasteiger partial charge in [0.15, 0.2) is 0 Å².